The summed E-state index contributed by atoms with van der Waals surface area (Å²) in [7, 11) is 0. The number of aromatic nitrogens is 1. The topological polar surface area (TPSA) is 76.4 Å². The molecule has 0 saturated carbocycles. The molecule has 5 nitrogen and oxygen atoms in total. The van der Waals surface area contributed by atoms with Gasteiger partial charge in [-0.15, -0.1) is 0 Å². The smallest absolute Gasteiger partial charge is 0.335 e. The Bertz CT molecular complexity index is 1200. The minimum Gasteiger partial charge on any atom is -0.478 e. The van der Waals surface area contributed by atoms with Crippen LogP contribution in [-0.4, -0.2) is 21.4 Å². The largest absolute Gasteiger partial charge is 0.478 e. The number of pyridine rings is 1. The van der Waals surface area contributed by atoms with Crippen LogP contribution in [0.4, 0.5) is 8.78 Å². The minimum atomic E-state index is -3.95. The number of ketones is 1. The minimum absolute atomic E-state index is 0. The van der Waals surface area contributed by atoms with Crippen LogP contribution in [0.5, 0.6) is 0 Å². The number of carbonyl (C=O) groups excluding carboxylic acids is 1. The molecule has 0 atom stereocenters. The number of alkyl halides is 2. The van der Waals surface area contributed by atoms with Crippen molar-refractivity contribution in [1.29, 1.82) is 0 Å². The Morgan fingerprint density at radius 3 is 2.31 bits per heavy atom. The third kappa shape index (κ3) is 5.63. The van der Waals surface area contributed by atoms with Crippen LogP contribution < -0.4 is 5.56 Å². The first kappa shape index (κ1) is 26.6. The van der Waals surface area contributed by atoms with Gasteiger partial charge in [-0.1, -0.05) is 40.9 Å². The SMILES string of the molecule is O=C(O)c1ccc(CCn2c(C(=O)C(F)(F)c3c[c-]ccc3)c(Cl)cc(Cl)c2=O)cc1.[Pr]. The summed E-state index contributed by atoms with van der Waals surface area (Å²) in [5, 5.41) is 8.26. The maximum atomic E-state index is 14.9. The summed E-state index contributed by atoms with van der Waals surface area (Å²) in [6.07, 6.45) is 0.140. The molecule has 0 aliphatic rings. The van der Waals surface area contributed by atoms with Gasteiger partial charge in [-0.05, 0) is 30.2 Å². The van der Waals surface area contributed by atoms with Gasteiger partial charge in [0.15, 0.2) is 0 Å². The summed E-state index contributed by atoms with van der Waals surface area (Å²) in [6.45, 7) is -0.177. The van der Waals surface area contributed by atoms with E-state index in [1.165, 1.54) is 36.4 Å². The number of aromatic carboxylic acids is 1. The molecule has 0 fully saturated rings. The first-order valence-electron chi connectivity index (χ1n) is 8.93. The predicted molar refractivity (Wildman–Crippen MR) is 111 cm³/mol. The summed E-state index contributed by atoms with van der Waals surface area (Å²) in [4.78, 5) is 36.3. The summed E-state index contributed by atoms with van der Waals surface area (Å²) in [5.41, 5.74) is -1.40. The molecule has 0 saturated heterocycles. The second kappa shape index (κ2) is 11.0. The van der Waals surface area contributed by atoms with Crippen LogP contribution >= 0.6 is 23.2 Å². The molecule has 0 unspecified atom stereocenters. The average molecular weight is 606 g/mol. The normalized spacial score (nSPS) is 11.0. The second-order valence-corrected chi connectivity index (χ2v) is 7.41. The van der Waals surface area contributed by atoms with Crippen LogP contribution in [0.15, 0.2) is 59.4 Å². The number of halogens is 4. The van der Waals surface area contributed by atoms with Crippen LogP contribution in [0.25, 0.3) is 0 Å². The third-order valence-corrected chi connectivity index (χ3v) is 5.15. The maximum absolute atomic E-state index is 14.9. The van der Waals surface area contributed by atoms with Crippen molar-refractivity contribution in [2.24, 2.45) is 0 Å². The van der Waals surface area contributed by atoms with Gasteiger partial charge in [-0.25, -0.2) is 13.6 Å². The van der Waals surface area contributed by atoms with E-state index in [4.69, 9.17) is 28.3 Å². The predicted octanol–water partition coefficient (Wildman–Crippen LogP) is 4.87. The van der Waals surface area contributed by atoms with Crippen LogP contribution in [0.3, 0.4) is 0 Å². The van der Waals surface area contributed by atoms with Crippen molar-refractivity contribution >= 4 is 35.0 Å². The van der Waals surface area contributed by atoms with Crippen molar-refractivity contribution in [2.75, 3.05) is 0 Å². The fraction of sp³-hybridized carbons (Fsp3) is 0.136. The fourth-order valence-electron chi connectivity index (χ4n) is 2.97. The van der Waals surface area contributed by atoms with E-state index in [9.17, 15) is 23.2 Å². The quantitative estimate of drug-likeness (QED) is 0.308. The number of aryl methyl sites for hydroxylation is 1. The van der Waals surface area contributed by atoms with Crippen molar-refractivity contribution < 1.29 is 64.8 Å². The van der Waals surface area contributed by atoms with Crippen LogP contribution in [0.1, 0.15) is 32.0 Å². The number of hydrogen-bond donors (Lipinski definition) is 1. The van der Waals surface area contributed by atoms with Gasteiger partial charge in [-0.2, -0.15) is 30.3 Å². The first-order valence-corrected chi connectivity index (χ1v) is 9.68. The van der Waals surface area contributed by atoms with Gasteiger partial charge in [0.05, 0.1) is 10.6 Å². The molecule has 32 heavy (non-hydrogen) atoms. The van der Waals surface area contributed by atoms with Crippen molar-refractivity contribution in [3.8, 4) is 0 Å². The van der Waals surface area contributed by atoms with Crippen LogP contribution in [0.2, 0.25) is 10.0 Å². The van der Waals surface area contributed by atoms with E-state index in [0.29, 0.717) is 5.56 Å². The van der Waals surface area contributed by atoms with Crippen molar-refractivity contribution in [1.82, 2.24) is 4.57 Å². The van der Waals surface area contributed by atoms with Crippen molar-refractivity contribution in [3.05, 3.63) is 103 Å². The summed E-state index contributed by atoms with van der Waals surface area (Å²) in [6, 6.07) is 14.0. The number of nitrogens with zero attached hydrogens (tertiary/aromatic N) is 1. The van der Waals surface area contributed by atoms with Gasteiger partial charge in [0.25, 0.3) is 11.5 Å². The molecular formula is C22H14Cl2F2NO4Pr-. The number of Topliss-reactive ketones (excluding diaryl/α,β-unsaturated/α-hetero) is 1. The zero-order valence-electron chi connectivity index (χ0n) is 16.3. The monoisotopic (exact) mass is 605 g/mol. The Hall–Kier alpha value is -1.67. The molecule has 0 bridgehead atoms. The number of benzene rings is 2. The van der Waals surface area contributed by atoms with E-state index >= 15 is 0 Å². The molecule has 0 amide bonds. The standard InChI is InChI=1S/C22H14Cl2F2NO4.Pr/c23-16-12-17(24)20(29)27(11-10-13-6-8-14(9-7-13)21(30)31)18(16)19(28)22(25,26)15-4-2-1-3-5-15;/h1-2,4-9,12H,10-11H2,(H,30,31);/q-1;. The maximum Gasteiger partial charge on any atom is 0.335 e. The van der Waals surface area contributed by atoms with Gasteiger partial charge in [-0.3, -0.25) is 9.59 Å². The van der Waals surface area contributed by atoms with E-state index in [-0.39, 0.29) is 69.9 Å². The van der Waals surface area contributed by atoms with E-state index in [1.807, 2.05) is 0 Å². The molecule has 3 aromatic rings. The molecule has 2 aromatic carbocycles. The van der Waals surface area contributed by atoms with E-state index in [1.54, 1.807) is 0 Å². The zero-order valence-corrected chi connectivity index (χ0v) is 21.5. The van der Waals surface area contributed by atoms with Crippen molar-refractivity contribution in [2.45, 2.75) is 18.9 Å². The molecule has 3 rings (SSSR count). The van der Waals surface area contributed by atoms with Gasteiger partial charge in [0, 0.05) is 47.8 Å². The third-order valence-electron chi connectivity index (χ3n) is 4.59. The second-order valence-electron chi connectivity index (χ2n) is 6.59. The summed E-state index contributed by atoms with van der Waals surface area (Å²) in [5.74, 6) is -6.70. The Labute approximate surface area is 224 Å². The van der Waals surface area contributed by atoms with Crippen molar-refractivity contribution in [3.63, 3.8) is 0 Å². The fourth-order valence-corrected chi connectivity index (χ4v) is 3.53. The Morgan fingerprint density at radius 1 is 1.09 bits per heavy atom. The molecule has 0 aliphatic heterocycles. The molecular weight excluding hydrogens is 592 g/mol. The zero-order chi connectivity index (χ0) is 22.8. The molecule has 1 N–H and O–H groups in total. The van der Waals surface area contributed by atoms with Gasteiger partial charge in [0.1, 0.15) is 10.7 Å². The molecule has 163 valence electrons. The number of carboxylic acid groups (broad SMARTS) is 1. The number of carbonyl (C=O) groups is 2. The number of hydrogen-bond acceptors (Lipinski definition) is 3. The summed E-state index contributed by atoms with van der Waals surface area (Å²) < 4.78 is 30.6. The van der Waals surface area contributed by atoms with Crippen LogP contribution in [-0.2, 0) is 18.9 Å². The number of carboxylic acids is 1. The molecule has 1 radical (unpaired) electrons. The van der Waals surface area contributed by atoms with Crippen LogP contribution in [0, 0.1) is 47.4 Å². The van der Waals surface area contributed by atoms with E-state index < -0.39 is 34.5 Å². The van der Waals surface area contributed by atoms with Gasteiger partial charge < -0.3 is 9.67 Å². The average Bonchev–Trinajstić information content (AvgIpc) is 2.75. The molecule has 0 spiro atoms. The molecule has 1 heterocycles. The Kier molecular flexibility index (Phi) is 9.11. The molecule has 1 aromatic heterocycles. The van der Waals surface area contributed by atoms with E-state index in [2.05, 4.69) is 6.07 Å². The number of rotatable bonds is 7. The first-order chi connectivity index (χ1) is 14.6. The van der Waals surface area contributed by atoms with E-state index in [0.717, 1.165) is 22.8 Å². The Balaban J connectivity index is 0.00000363. The summed E-state index contributed by atoms with van der Waals surface area (Å²) >= 11 is 11.9. The van der Waals surface area contributed by atoms with Gasteiger partial charge >= 0.3 is 5.97 Å². The molecule has 0 aliphatic carbocycles. The Morgan fingerprint density at radius 2 is 1.75 bits per heavy atom. The molecule has 10 heteroatoms. The van der Waals surface area contributed by atoms with Gasteiger partial charge in [0.2, 0.25) is 5.78 Å².